The van der Waals surface area contributed by atoms with Crippen LogP contribution < -0.4 is 0 Å². The van der Waals surface area contributed by atoms with Crippen molar-refractivity contribution in [3.05, 3.63) is 42.0 Å². The van der Waals surface area contributed by atoms with E-state index in [0.717, 1.165) is 37.7 Å². The first-order valence-corrected chi connectivity index (χ1v) is 13.1. The highest BCUT2D eigenvalue weighted by Gasteiger charge is 2.89. The number of allylic oxidation sites excluding steroid dienone is 2. The Morgan fingerprint density at radius 1 is 1.18 bits per heavy atom. The molecule has 4 nitrogen and oxygen atoms in total. The number of ether oxygens (including phenoxy) is 1. The third-order valence-corrected chi connectivity index (χ3v) is 12.3. The number of phenolic OH excluding ortho intramolecular Hbond substituents is 1. The number of fused-ring (bicyclic) bond motifs is 1. The minimum Gasteiger partial charge on any atom is -0.508 e. The molecule has 1 spiro atoms. The smallest absolute Gasteiger partial charge is 0.141 e. The lowest BCUT2D eigenvalue weighted by atomic mass is 9.45. The molecule has 176 valence electrons. The topological polar surface area (TPSA) is 66.8 Å². The van der Waals surface area contributed by atoms with E-state index in [9.17, 15) is 15.0 Å². The van der Waals surface area contributed by atoms with E-state index in [-0.39, 0.29) is 40.0 Å². The van der Waals surface area contributed by atoms with Gasteiger partial charge in [0.05, 0.1) is 12.0 Å². The van der Waals surface area contributed by atoms with Crippen LogP contribution in [0.2, 0.25) is 0 Å². The molecule has 5 fully saturated rings. The summed E-state index contributed by atoms with van der Waals surface area (Å²) in [5.41, 5.74) is -0.216. The van der Waals surface area contributed by atoms with Crippen molar-refractivity contribution in [3.63, 3.8) is 0 Å². The Kier molecular flexibility index (Phi) is 3.96. The van der Waals surface area contributed by atoms with Crippen LogP contribution in [0.15, 0.2) is 36.4 Å². The van der Waals surface area contributed by atoms with Crippen LogP contribution in [-0.4, -0.2) is 34.8 Å². The first-order chi connectivity index (χ1) is 15.8. The van der Waals surface area contributed by atoms with E-state index in [1.165, 1.54) is 12.8 Å². The van der Waals surface area contributed by atoms with Gasteiger partial charge in [0.25, 0.3) is 0 Å². The summed E-state index contributed by atoms with van der Waals surface area (Å²) in [5, 5.41) is 23.0. The zero-order valence-corrected chi connectivity index (χ0v) is 19.8. The van der Waals surface area contributed by atoms with Crippen molar-refractivity contribution in [3.8, 4) is 5.75 Å². The van der Waals surface area contributed by atoms with Crippen molar-refractivity contribution in [1.82, 2.24) is 0 Å². The minimum absolute atomic E-state index is 0.0587. The van der Waals surface area contributed by atoms with Gasteiger partial charge in [-0.15, -0.1) is 0 Å². The summed E-state index contributed by atoms with van der Waals surface area (Å²) in [4.78, 5) is 13.4. The fourth-order valence-corrected chi connectivity index (χ4v) is 11.4. The SMILES string of the molecule is CO[C@@H]1CC(=O)[C@H]2[C@@H]3[C@@H]4CC[C@]56CC[C@H](Cc7ccccc7O)[C@@H]5C=CC[C@@](C4)([C@@]12O)[C@]36C. The summed E-state index contributed by atoms with van der Waals surface area (Å²) in [6.45, 7) is 2.48. The Labute approximate surface area is 196 Å². The quantitative estimate of drug-likeness (QED) is 0.659. The number of carbonyl (C=O) groups excluding carboxylic acids is 1. The molecule has 7 rings (SSSR count). The van der Waals surface area contributed by atoms with Crippen molar-refractivity contribution in [2.24, 2.45) is 45.8 Å². The van der Waals surface area contributed by atoms with Gasteiger partial charge in [-0.1, -0.05) is 37.3 Å². The Bertz CT molecular complexity index is 1060. The molecule has 0 saturated heterocycles. The van der Waals surface area contributed by atoms with E-state index >= 15 is 0 Å². The second-order valence-corrected chi connectivity index (χ2v) is 12.5. The summed E-state index contributed by atoms with van der Waals surface area (Å²) in [5.74, 6) is 2.14. The van der Waals surface area contributed by atoms with Gasteiger partial charge in [-0.05, 0) is 91.1 Å². The number of phenols is 1. The molecule has 0 aliphatic heterocycles. The van der Waals surface area contributed by atoms with E-state index in [1.807, 2.05) is 12.1 Å². The molecule has 33 heavy (non-hydrogen) atoms. The van der Waals surface area contributed by atoms with Crippen LogP contribution >= 0.6 is 0 Å². The number of rotatable bonds is 3. The molecule has 4 bridgehead atoms. The van der Waals surface area contributed by atoms with Crippen molar-refractivity contribution in [1.29, 1.82) is 0 Å². The highest BCUT2D eigenvalue weighted by Crippen LogP contribution is 2.88. The molecule has 0 amide bonds. The fourth-order valence-electron chi connectivity index (χ4n) is 11.4. The Hall–Kier alpha value is -1.65. The molecule has 1 aromatic carbocycles. The van der Waals surface area contributed by atoms with Gasteiger partial charge in [0.2, 0.25) is 0 Å². The number of ketones is 1. The molecule has 0 heterocycles. The molecular weight excluding hydrogens is 412 g/mol. The number of para-hydroxylation sites is 1. The number of benzene rings is 1. The highest BCUT2D eigenvalue weighted by atomic mass is 16.5. The van der Waals surface area contributed by atoms with Gasteiger partial charge >= 0.3 is 0 Å². The molecular formula is C29H36O4. The molecule has 10 atom stereocenters. The number of aliphatic hydroxyl groups is 1. The maximum Gasteiger partial charge on any atom is 0.141 e. The van der Waals surface area contributed by atoms with E-state index in [2.05, 4.69) is 25.1 Å². The lowest BCUT2D eigenvalue weighted by Crippen LogP contribution is -2.60. The van der Waals surface area contributed by atoms with E-state index < -0.39 is 5.60 Å². The summed E-state index contributed by atoms with van der Waals surface area (Å²) >= 11 is 0. The van der Waals surface area contributed by atoms with Crippen LogP contribution in [0.4, 0.5) is 0 Å². The third-order valence-electron chi connectivity index (χ3n) is 12.3. The lowest BCUT2D eigenvalue weighted by molar-refractivity contribution is -0.193. The van der Waals surface area contributed by atoms with Crippen molar-refractivity contribution in [2.75, 3.05) is 7.11 Å². The van der Waals surface area contributed by atoms with Gasteiger partial charge in [0.1, 0.15) is 17.1 Å². The zero-order chi connectivity index (χ0) is 22.8. The molecule has 6 aliphatic rings. The van der Waals surface area contributed by atoms with Crippen molar-refractivity contribution >= 4 is 5.78 Å². The van der Waals surface area contributed by atoms with Crippen molar-refractivity contribution in [2.45, 2.75) is 70.0 Å². The summed E-state index contributed by atoms with van der Waals surface area (Å²) in [6, 6.07) is 7.78. The third kappa shape index (κ3) is 2.00. The molecule has 0 unspecified atom stereocenters. The normalized spacial score (nSPS) is 53.2. The van der Waals surface area contributed by atoms with E-state index in [0.29, 0.717) is 29.9 Å². The van der Waals surface area contributed by atoms with Gasteiger partial charge in [-0.2, -0.15) is 0 Å². The highest BCUT2D eigenvalue weighted by molar-refractivity contribution is 5.88. The minimum atomic E-state index is -1.04. The Morgan fingerprint density at radius 3 is 2.76 bits per heavy atom. The maximum atomic E-state index is 13.4. The monoisotopic (exact) mass is 448 g/mol. The maximum absolute atomic E-state index is 13.4. The number of methoxy groups -OCH3 is 1. The van der Waals surface area contributed by atoms with Crippen LogP contribution in [0.5, 0.6) is 5.75 Å². The van der Waals surface area contributed by atoms with E-state index in [1.54, 1.807) is 13.2 Å². The average molecular weight is 449 g/mol. The van der Waals surface area contributed by atoms with Crippen LogP contribution in [0.25, 0.3) is 0 Å². The molecule has 1 aromatic rings. The zero-order valence-electron chi connectivity index (χ0n) is 19.8. The second-order valence-electron chi connectivity index (χ2n) is 12.5. The molecule has 2 N–H and O–H groups in total. The first kappa shape index (κ1) is 20.7. The first-order valence-electron chi connectivity index (χ1n) is 13.1. The van der Waals surface area contributed by atoms with E-state index in [4.69, 9.17) is 4.74 Å². The predicted octanol–water partition coefficient (Wildman–Crippen LogP) is 4.68. The van der Waals surface area contributed by atoms with Gasteiger partial charge in [-0.25, -0.2) is 0 Å². The summed E-state index contributed by atoms with van der Waals surface area (Å²) in [7, 11) is 1.68. The molecule has 0 radical (unpaired) electrons. The molecule has 5 saturated carbocycles. The van der Waals surface area contributed by atoms with Gasteiger partial charge in [0.15, 0.2) is 0 Å². The average Bonchev–Trinajstić information content (AvgIpc) is 3.37. The predicted molar refractivity (Wildman–Crippen MR) is 124 cm³/mol. The van der Waals surface area contributed by atoms with Gasteiger partial charge in [-0.3, -0.25) is 4.79 Å². The van der Waals surface area contributed by atoms with Crippen molar-refractivity contribution < 1.29 is 19.7 Å². The number of hydrogen-bond donors (Lipinski definition) is 2. The van der Waals surface area contributed by atoms with Crippen LogP contribution in [0.1, 0.15) is 57.4 Å². The number of Topliss-reactive ketones (excluding diaryl/α,β-unsaturated/α-hetero) is 1. The molecule has 4 heteroatoms. The molecule has 0 aromatic heterocycles. The lowest BCUT2D eigenvalue weighted by Gasteiger charge is -2.59. The number of hydrogen-bond acceptors (Lipinski definition) is 4. The van der Waals surface area contributed by atoms with Crippen LogP contribution in [-0.2, 0) is 16.0 Å². The number of carbonyl (C=O) groups is 1. The summed E-state index contributed by atoms with van der Waals surface area (Å²) < 4.78 is 5.87. The Morgan fingerprint density at radius 2 is 1.97 bits per heavy atom. The van der Waals surface area contributed by atoms with Gasteiger partial charge < -0.3 is 14.9 Å². The Balaban J connectivity index is 1.37. The number of aromatic hydroxyl groups is 1. The fraction of sp³-hybridized carbons (Fsp3) is 0.690. The molecule has 6 aliphatic carbocycles. The van der Waals surface area contributed by atoms with Crippen LogP contribution in [0.3, 0.4) is 0 Å². The standard InChI is InChI=1S/C29H36O4/c1-26-24-19-10-13-27(26)12-9-17(14-18-6-3-4-8-21(18)30)20(27)7-5-11-28(26,16-19)29(32)23(33-2)15-22(31)25(24)29/h3-8,17,19-20,23-25,30,32H,9-16H2,1-2H3/t17-,19-,20+,23-,24+,25+,26-,27-,28+,29-/m1/s1. The van der Waals surface area contributed by atoms with Crippen LogP contribution in [0, 0.1) is 45.8 Å². The largest absolute Gasteiger partial charge is 0.508 e. The van der Waals surface area contributed by atoms with Gasteiger partial charge in [0, 0.05) is 18.9 Å². The summed E-state index contributed by atoms with van der Waals surface area (Å²) in [6.07, 6.45) is 12.3. The second kappa shape index (κ2) is 6.31.